The normalized spacial score (nSPS) is 10.5. The lowest BCUT2D eigenvalue weighted by molar-refractivity contribution is 0.0950. The van der Waals surface area contributed by atoms with Gasteiger partial charge in [-0.05, 0) is 33.6 Å². The second-order valence-corrected chi connectivity index (χ2v) is 4.69. The number of nitrogens with one attached hydrogen (secondary N) is 1. The molecule has 1 heterocycles. The van der Waals surface area contributed by atoms with Gasteiger partial charge in [0, 0.05) is 18.2 Å². The van der Waals surface area contributed by atoms with Gasteiger partial charge in [0.2, 0.25) is 0 Å². The molecule has 0 saturated heterocycles. The molecule has 1 aromatic carbocycles. The maximum absolute atomic E-state index is 13.2. The van der Waals surface area contributed by atoms with Crippen LogP contribution in [0, 0.1) is 5.82 Å². The Morgan fingerprint density at radius 3 is 2.84 bits per heavy atom. The molecule has 1 aromatic heterocycles. The van der Waals surface area contributed by atoms with E-state index >= 15 is 0 Å². The zero-order valence-corrected chi connectivity index (χ0v) is 11.4. The first-order valence-corrected chi connectivity index (χ1v) is 6.30. The van der Waals surface area contributed by atoms with E-state index in [1.807, 2.05) is 0 Å². The SMILES string of the molecule is O=C(NCc1ccc(F)c(CO)c1)c1coc(Br)c1. The van der Waals surface area contributed by atoms with Crippen LogP contribution in [0.2, 0.25) is 0 Å². The van der Waals surface area contributed by atoms with Crippen LogP contribution >= 0.6 is 15.9 Å². The van der Waals surface area contributed by atoms with E-state index in [0.29, 0.717) is 15.8 Å². The second kappa shape index (κ2) is 5.99. The van der Waals surface area contributed by atoms with Crippen molar-refractivity contribution in [1.29, 1.82) is 0 Å². The van der Waals surface area contributed by atoms with E-state index in [1.54, 1.807) is 12.1 Å². The van der Waals surface area contributed by atoms with Crippen molar-refractivity contribution < 1.29 is 18.7 Å². The van der Waals surface area contributed by atoms with Crippen molar-refractivity contribution in [2.75, 3.05) is 0 Å². The zero-order valence-electron chi connectivity index (χ0n) is 9.82. The third-order valence-electron chi connectivity index (χ3n) is 2.56. The van der Waals surface area contributed by atoms with E-state index in [2.05, 4.69) is 21.2 Å². The molecule has 19 heavy (non-hydrogen) atoms. The van der Waals surface area contributed by atoms with Gasteiger partial charge in [0.15, 0.2) is 4.67 Å². The zero-order chi connectivity index (χ0) is 13.8. The minimum absolute atomic E-state index is 0.206. The van der Waals surface area contributed by atoms with Gasteiger partial charge in [-0.3, -0.25) is 4.79 Å². The van der Waals surface area contributed by atoms with Crippen LogP contribution in [0.1, 0.15) is 21.5 Å². The molecule has 0 radical (unpaired) electrons. The maximum atomic E-state index is 13.2. The van der Waals surface area contributed by atoms with Crippen molar-refractivity contribution in [3.63, 3.8) is 0 Å². The van der Waals surface area contributed by atoms with Gasteiger partial charge >= 0.3 is 0 Å². The average molecular weight is 328 g/mol. The summed E-state index contributed by atoms with van der Waals surface area (Å²) in [6.07, 6.45) is 1.34. The third-order valence-corrected chi connectivity index (χ3v) is 2.98. The minimum Gasteiger partial charge on any atom is -0.457 e. The monoisotopic (exact) mass is 327 g/mol. The molecule has 4 nitrogen and oxygen atoms in total. The largest absolute Gasteiger partial charge is 0.457 e. The Labute approximate surface area is 117 Å². The number of benzene rings is 1. The van der Waals surface area contributed by atoms with Crippen molar-refractivity contribution >= 4 is 21.8 Å². The van der Waals surface area contributed by atoms with Crippen molar-refractivity contribution in [2.24, 2.45) is 0 Å². The fraction of sp³-hybridized carbons (Fsp3) is 0.154. The lowest BCUT2D eigenvalue weighted by Gasteiger charge is -2.06. The number of carbonyl (C=O) groups is 1. The average Bonchev–Trinajstić information content (AvgIpc) is 2.84. The highest BCUT2D eigenvalue weighted by Crippen LogP contribution is 2.14. The lowest BCUT2D eigenvalue weighted by Crippen LogP contribution is -2.22. The van der Waals surface area contributed by atoms with E-state index in [9.17, 15) is 9.18 Å². The van der Waals surface area contributed by atoms with Crippen molar-refractivity contribution in [3.05, 3.63) is 57.7 Å². The Kier molecular flexibility index (Phi) is 4.34. The number of furan rings is 1. The van der Waals surface area contributed by atoms with Crippen LogP contribution in [-0.2, 0) is 13.2 Å². The molecule has 100 valence electrons. The summed E-state index contributed by atoms with van der Waals surface area (Å²) in [6, 6.07) is 5.89. The van der Waals surface area contributed by atoms with Crippen LogP contribution in [0.15, 0.2) is 39.6 Å². The molecule has 0 bridgehead atoms. The van der Waals surface area contributed by atoms with E-state index in [4.69, 9.17) is 9.52 Å². The summed E-state index contributed by atoms with van der Waals surface area (Å²) in [7, 11) is 0. The molecule has 0 atom stereocenters. The summed E-state index contributed by atoms with van der Waals surface area (Å²) in [5.74, 6) is -0.749. The molecular weight excluding hydrogens is 317 g/mol. The van der Waals surface area contributed by atoms with Gasteiger partial charge in [-0.25, -0.2) is 4.39 Å². The van der Waals surface area contributed by atoms with Crippen LogP contribution in [0.25, 0.3) is 0 Å². The Bertz CT molecular complexity index is 597. The first-order valence-electron chi connectivity index (χ1n) is 5.50. The number of rotatable bonds is 4. The number of aliphatic hydroxyl groups excluding tert-OH is 1. The van der Waals surface area contributed by atoms with Gasteiger partial charge in [-0.2, -0.15) is 0 Å². The highest BCUT2D eigenvalue weighted by atomic mass is 79.9. The number of amides is 1. The summed E-state index contributed by atoms with van der Waals surface area (Å²) < 4.78 is 18.6. The maximum Gasteiger partial charge on any atom is 0.254 e. The summed E-state index contributed by atoms with van der Waals surface area (Å²) in [4.78, 5) is 11.7. The molecule has 6 heteroatoms. The molecule has 1 amide bonds. The molecule has 2 aromatic rings. The molecule has 0 fully saturated rings. The number of aliphatic hydroxyl groups is 1. The van der Waals surface area contributed by atoms with Gasteiger partial charge in [0.25, 0.3) is 5.91 Å². The molecule has 0 aliphatic rings. The second-order valence-electron chi connectivity index (χ2n) is 3.91. The number of hydrogen-bond donors (Lipinski definition) is 2. The van der Waals surface area contributed by atoms with Crippen LogP contribution in [0.5, 0.6) is 0 Å². The van der Waals surface area contributed by atoms with Crippen molar-refractivity contribution in [1.82, 2.24) is 5.32 Å². The standard InChI is InChI=1S/C13H11BrFNO3/c14-12-4-10(7-19-12)13(18)16-5-8-1-2-11(15)9(3-8)6-17/h1-4,7,17H,5-6H2,(H,16,18). The van der Waals surface area contributed by atoms with Crippen LogP contribution in [0.3, 0.4) is 0 Å². The van der Waals surface area contributed by atoms with E-state index in [1.165, 1.54) is 18.4 Å². The van der Waals surface area contributed by atoms with Gasteiger partial charge in [-0.1, -0.05) is 6.07 Å². The van der Waals surface area contributed by atoms with Crippen LogP contribution < -0.4 is 5.32 Å². The predicted octanol–water partition coefficient (Wildman–Crippen LogP) is 2.60. The predicted molar refractivity (Wildman–Crippen MR) is 69.9 cm³/mol. The molecule has 0 aliphatic heterocycles. The molecule has 0 saturated carbocycles. The summed E-state index contributed by atoms with van der Waals surface area (Å²) in [5, 5.41) is 11.6. The molecule has 0 spiro atoms. The third kappa shape index (κ3) is 3.42. The van der Waals surface area contributed by atoms with E-state index in [-0.39, 0.29) is 24.6 Å². The Morgan fingerprint density at radius 2 is 2.21 bits per heavy atom. The molecule has 2 rings (SSSR count). The smallest absolute Gasteiger partial charge is 0.254 e. The molecule has 2 N–H and O–H groups in total. The number of hydrogen-bond acceptors (Lipinski definition) is 3. The topological polar surface area (TPSA) is 62.5 Å². The number of carbonyl (C=O) groups excluding carboxylic acids is 1. The fourth-order valence-electron chi connectivity index (χ4n) is 1.57. The Balaban J connectivity index is 2.01. The highest BCUT2D eigenvalue weighted by molar-refractivity contribution is 9.10. The van der Waals surface area contributed by atoms with Gasteiger partial charge < -0.3 is 14.8 Å². The van der Waals surface area contributed by atoms with Crippen molar-refractivity contribution in [3.8, 4) is 0 Å². The van der Waals surface area contributed by atoms with E-state index < -0.39 is 5.82 Å². The minimum atomic E-state index is -0.462. The molecule has 0 aliphatic carbocycles. The summed E-state index contributed by atoms with van der Waals surface area (Å²) in [5.41, 5.74) is 1.32. The first-order chi connectivity index (χ1) is 9.10. The Hall–Kier alpha value is -1.66. The van der Waals surface area contributed by atoms with E-state index in [0.717, 1.165) is 0 Å². The molecule has 0 unspecified atom stereocenters. The van der Waals surface area contributed by atoms with Gasteiger partial charge in [-0.15, -0.1) is 0 Å². The van der Waals surface area contributed by atoms with Gasteiger partial charge in [0.1, 0.15) is 12.1 Å². The summed E-state index contributed by atoms with van der Waals surface area (Å²) in [6.45, 7) is -0.128. The first kappa shape index (κ1) is 13.8. The lowest BCUT2D eigenvalue weighted by atomic mass is 10.1. The van der Waals surface area contributed by atoms with Crippen LogP contribution in [0.4, 0.5) is 4.39 Å². The van der Waals surface area contributed by atoms with Crippen LogP contribution in [-0.4, -0.2) is 11.0 Å². The highest BCUT2D eigenvalue weighted by Gasteiger charge is 2.09. The quantitative estimate of drug-likeness (QED) is 0.907. The summed E-state index contributed by atoms with van der Waals surface area (Å²) >= 11 is 3.11. The van der Waals surface area contributed by atoms with Gasteiger partial charge in [0.05, 0.1) is 12.2 Å². The fourth-order valence-corrected chi connectivity index (χ4v) is 1.91. The van der Waals surface area contributed by atoms with Crippen molar-refractivity contribution in [2.45, 2.75) is 13.2 Å². The number of halogens is 2. The molecular formula is C13H11BrFNO3. The Morgan fingerprint density at radius 1 is 1.42 bits per heavy atom.